The minimum Gasteiger partial charge on any atom is -0.465 e. The van der Waals surface area contributed by atoms with Crippen LogP contribution < -0.4 is 0 Å². The van der Waals surface area contributed by atoms with Gasteiger partial charge in [-0.15, -0.1) is 0 Å². The molecule has 2 aromatic rings. The number of likely N-dealkylation sites (tertiary alicyclic amines) is 2. The van der Waals surface area contributed by atoms with Crippen LogP contribution in [-0.2, 0) is 11.3 Å². The van der Waals surface area contributed by atoms with Crippen LogP contribution in [0.3, 0.4) is 0 Å². The number of amides is 2. The van der Waals surface area contributed by atoms with Crippen LogP contribution in [0.25, 0.3) is 11.5 Å². The molecule has 3 heterocycles. The summed E-state index contributed by atoms with van der Waals surface area (Å²) < 4.78 is 11.1. The molecule has 0 bridgehead atoms. The van der Waals surface area contributed by atoms with Crippen LogP contribution in [0.2, 0.25) is 0 Å². The van der Waals surface area contributed by atoms with Crippen molar-refractivity contribution in [1.29, 1.82) is 0 Å². The van der Waals surface area contributed by atoms with Crippen LogP contribution >= 0.6 is 0 Å². The summed E-state index contributed by atoms with van der Waals surface area (Å²) in [6.45, 7) is 2.03. The first kappa shape index (κ1) is 20.3. The quantitative estimate of drug-likeness (QED) is 0.752. The molecule has 1 aromatic carbocycles. The van der Waals surface area contributed by atoms with Crippen molar-refractivity contribution < 1.29 is 29.1 Å². The van der Waals surface area contributed by atoms with E-state index in [0.717, 1.165) is 0 Å². The molecule has 2 fully saturated rings. The van der Waals surface area contributed by atoms with Crippen molar-refractivity contribution in [3.63, 3.8) is 0 Å². The highest BCUT2D eigenvalue weighted by Crippen LogP contribution is 2.21. The third kappa shape index (κ3) is 4.60. The molecule has 10 heteroatoms. The number of carbonyl (C=O) groups is 2. The Kier molecular flexibility index (Phi) is 5.96. The van der Waals surface area contributed by atoms with Gasteiger partial charge in [0.1, 0.15) is 6.61 Å². The molecule has 1 aromatic heterocycles. The van der Waals surface area contributed by atoms with Gasteiger partial charge in [0.15, 0.2) is 5.82 Å². The third-order valence-corrected chi connectivity index (χ3v) is 5.46. The second-order valence-corrected chi connectivity index (χ2v) is 7.57. The average molecular weight is 416 g/mol. The fourth-order valence-corrected chi connectivity index (χ4v) is 3.70. The van der Waals surface area contributed by atoms with Crippen molar-refractivity contribution in [3.8, 4) is 11.5 Å². The second kappa shape index (κ2) is 8.80. The average Bonchev–Trinajstić information content (AvgIpc) is 3.41. The van der Waals surface area contributed by atoms with E-state index >= 15 is 0 Å². The number of aromatic nitrogens is 2. The predicted molar refractivity (Wildman–Crippen MR) is 104 cm³/mol. The smallest absolute Gasteiger partial charge is 0.407 e. The SMILES string of the molecule is O=C(O)N1CCC(OCc2noc(-c3ccc(C(=O)N4CCC(O)C4)cc3)n2)CC1. The van der Waals surface area contributed by atoms with Crippen LogP contribution in [0.5, 0.6) is 0 Å². The lowest BCUT2D eigenvalue weighted by Gasteiger charge is -2.29. The van der Waals surface area contributed by atoms with Gasteiger partial charge in [0.2, 0.25) is 0 Å². The van der Waals surface area contributed by atoms with Crippen molar-refractivity contribution in [3.05, 3.63) is 35.7 Å². The molecule has 0 saturated carbocycles. The standard InChI is InChI=1S/C20H24N4O6/c25-15-5-8-24(11-15)19(26)14-3-1-13(2-4-14)18-21-17(22-30-18)12-29-16-6-9-23(10-7-16)20(27)28/h1-4,15-16,25H,5-12H2,(H,27,28). The number of rotatable bonds is 5. The molecular weight excluding hydrogens is 392 g/mol. The van der Waals surface area contributed by atoms with Crippen molar-refractivity contribution in [1.82, 2.24) is 19.9 Å². The minimum atomic E-state index is -0.901. The van der Waals surface area contributed by atoms with E-state index in [2.05, 4.69) is 10.1 Å². The van der Waals surface area contributed by atoms with E-state index in [1.807, 2.05) is 0 Å². The van der Waals surface area contributed by atoms with Crippen molar-refractivity contribution in [2.45, 2.75) is 38.1 Å². The Morgan fingerprint density at radius 3 is 2.43 bits per heavy atom. The maximum Gasteiger partial charge on any atom is 0.407 e. The molecule has 2 saturated heterocycles. The van der Waals surface area contributed by atoms with Gasteiger partial charge in [0, 0.05) is 37.3 Å². The second-order valence-electron chi connectivity index (χ2n) is 7.57. The summed E-state index contributed by atoms with van der Waals surface area (Å²) in [5.74, 6) is 0.647. The summed E-state index contributed by atoms with van der Waals surface area (Å²) in [7, 11) is 0. The van der Waals surface area contributed by atoms with Gasteiger partial charge < -0.3 is 29.3 Å². The van der Waals surface area contributed by atoms with Gasteiger partial charge in [0.05, 0.1) is 12.2 Å². The van der Waals surface area contributed by atoms with Gasteiger partial charge in [-0.25, -0.2) is 4.79 Å². The number of β-amino-alcohol motifs (C(OH)–C–C–N with tert-alkyl or cyclic N) is 1. The summed E-state index contributed by atoms with van der Waals surface area (Å²) >= 11 is 0. The third-order valence-electron chi connectivity index (χ3n) is 5.46. The molecule has 2 amide bonds. The van der Waals surface area contributed by atoms with Crippen molar-refractivity contribution >= 4 is 12.0 Å². The lowest BCUT2D eigenvalue weighted by Crippen LogP contribution is -2.40. The Morgan fingerprint density at radius 1 is 1.10 bits per heavy atom. The van der Waals surface area contributed by atoms with E-state index in [1.54, 1.807) is 29.2 Å². The van der Waals surface area contributed by atoms with E-state index in [-0.39, 0.29) is 18.6 Å². The Morgan fingerprint density at radius 2 is 1.80 bits per heavy atom. The van der Waals surface area contributed by atoms with Crippen LogP contribution in [0.15, 0.2) is 28.8 Å². The van der Waals surface area contributed by atoms with Crippen molar-refractivity contribution in [2.75, 3.05) is 26.2 Å². The van der Waals surface area contributed by atoms with Gasteiger partial charge >= 0.3 is 6.09 Å². The molecule has 0 aliphatic carbocycles. The summed E-state index contributed by atoms with van der Waals surface area (Å²) in [6, 6.07) is 6.91. The number of aliphatic hydroxyl groups is 1. The largest absolute Gasteiger partial charge is 0.465 e. The molecular formula is C20H24N4O6. The van der Waals surface area contributed by atoms with Crippen LogP contribution in [-0.4, -0.2) is 80.5 Å². The molecule has 30 heavy (non-hydrogen) atoms. The predicted octanol–water partition coefficient (Wildman–Crippen LogP) is 1.60. The molecule has 10 nitrogen and oxygen atoms in total. The molecule has 0 radical (unpaired) electrons. The van der Waals surface area contributed by atoms with E-state index < -0.39 is 12.2 Å². The molecule has 2 aliphatic rings. The zero-order chi connectivity index (χ0) is 21.1. The molecule has 2 aliphatic heterocycles. The van der Waals surface area contributed by atoms with Gasteiger partial charge in [-0.3, -0.25) is 4.79 Å². The van der Waals surface area contributed by atoms with E-state index in [1.165, 1.54) is 4.90 Å². The number of benzene rings is 1. The van der Waals surface area contributed by atoms with Crippen LogP contribution in [0.1, 0.15) is 35.4 Å². The lowest BCUT2D eigenvalue weighted by atomic mass is 10.1. The van der Waals surface area contributed by atoms with E-state index in [0.29, 0.717) is 68.3 Å². The summed E-state index contributed by atoms with van der Waals surface area (Å²) in [4.78, 5) is 30.7. The highest BCUT2D eigenvalue weighted by Gasteiger charge is 2.26. The topological polar surface area (TPSA) is 129 Å². The summed E-state index contributed by atoms with van der Waals surface area (Å²) in [5.41, 5.74) is 1.24. The van der Waals surface area contributed by atoms with Crippen molar-refractivity contribution in [2.24, 2.45) is 0 Å². The van der Waals surface area contributed by atoms with E-state index in [4.69, 9.17) is 14.4 Å². The number of aliphatic hydroxyl groups excluding tert-OH is 1. The first-order valence-corrected chi connectivity index (χ1v) is 9.99. The zero-order valence-electron chi connectivity index (χ0n) is 16.4. The Balaban J connectivity index is 1.30. The molecule has 160 valence electrons. The lowest BCUT2D eigenvalue weighted by molar-refractivity contribution is -0.00295. The Labute approximate surface area is 173 Å². The Hall–Kier alpha value is -2.98. The van der Waals surface area contributed by atoms with Crippen LogP contribution in [0, 0.1) is 0 Å². The normalized spacial score (nSPS) is 20.0. The monoisotopic (exact) mass is 416 g/mol. The van der Waals surface area contributed by atoms with Gasteiger partial charge in [-0.05, 0) is 43.5 Å². The number of carbonyl (C=O) groups excluding carboxylic acids is 1. The zero-order valence-corrected chi connectivity index (χ0v) is 16.4. The van der Waals surface area contributed by atoms with Gasteiger partial charge in [-0.2, -0.15) is 4.98 Å². The number of piperidine rings is 1. The first-order chi connectivity index (χ1) is 14.5. The number of ether oxygens (including phenoxy) is 1. The first-order valence-electron chi connectivity index (χ1n) is 9.99. The Bertz CT molecular complexity index is 891. The molecule has 1 unspecified atom stereocenters. The summed E-state index contributed by atoms with van der Waals surface area (Å²) in [5, 5.41) is 22.5. The number of carboxylic acid groups (broad SMARTS) is 1. The minimum absolute atomic E-state index is 0.0306. The fourth-order valence-electron chi connectivity index (χ4n) is 3.70. The van der Waals surface area contributed by atoms with Crippen LogP contribution in [0.4, 0.5) is 4.79 Å². The maximum absolute atomic E-state index is 12.4. The highest BCUT2D eigenvalue weighted by molar-refractivity contribution is 5.94. The van der Waals surface area contributed by atoms with E-state index in [9.17, 15) is 14.7 Å². The number of nitrogens with zero attached hydrogens (tertiary/aromatic N) is 4. The summed E-state index contributed by atoms with van der Waals surface area (Å²) in [6.07, 6.45) is 0.507. The molecule has 1 atom stereocenters. The number of hydrogen-bond acceptors (Lipinski definition) is 7. The molecule has 4 rings (SSSR count). The fraction of sp³-hybridized carbons (Fsp3) is 0.500. The number of hydrogen-bond donors (Lipinski definition) is 2. The molecule has 2 N–H and O–H groups in total. The van der Waals surface area contributed by atoms with Gasteiger partial charge in [0.25, 0.3) is 11.8 Å². The maximum atomic E-state index is 12.4. The highest BCUT2D eigenvalue weighted by atomic mass is 16.5. The van der Waals surface area contributed by atoms with Gasteiger partial charge in [-0.1, -0.05) is 5.16 Å². The molecule has 0 spiro atoms.